The molecule has 0 saturated carbocycles. The maximum absolute atomic E-state index is 12.7. The molecule has 7 nitrogen and oxygen atoms in total. The fourth-order valence-corrected chi connectivity index (χ4v) is 5.02. The number of amides is 1. The van der Waals surface area contributed by atoms with Crippen molar-refractivity contribution >= 4 is 58.2 Å². The highest BCUT2D eigenvalue weighted by Gasteiger charge is 2.21. The van der Waals surface area contributed by atoms with Crippen LogP contribution in [0.5, 0.6) is 0 Å². The molecule has 1 aromatic heterocycles. The summed E-state index contributed by atoms with van der Waals surface area (Å²) < 4.78 is 3.17. The van der Waals surface area contributed by atoms with Crippen molar-refractivity contribution in [3.05, 3.63) is 105 Å². The summed E-state index contributed by atoms with van der Waals surface area (Å²) >= 11 is 3.65. The summed E-state index contributed by atoms with van der Waals surface area (Å²) in [6.07, 6.45) is 5.27. The number of carbonyl (C=O) groups excluding carboxylic acids is 1. The Bertz CT molecular complexity index is 1390. The third kappa shape index (κ3) is 7.53. The Kier molecular flexibility index (Phi) is 9.50. The second-order valence-corrected chi connectivity index (χ2v) is 10.7. The third-order valence-corrected chi connectivity index (χ3v) is 7.13. The molecule has 0 saturated heterocycles. The van der Waals surface area contributed by atoms with E-state index >= 15 is 0 Å². The number of anilines is 1. The van der Waals surface area contributed by atoms with Crippen molar-refractivity contribution in [3.63, 3.8) is 0 Å². The fourth-order valence-electron chi connectivity index (χ4n) is 3.49. The van der Waals surface area contributed by atoms with Crippen LogP contribution in [0.2, 0.25) is 0 Å². The van der Waals surface area contributed by atoms with Crippen LogP contribution in [0.25, 0.3) is 11.8 Å². The van der Waals surface area contributed by atoms with E-state index in [4.69, 9.17) is 0 Å². The van der Waals surface area contributed by atoms with Gasteiger partial charge in [-0.1, -0.05) is 66.4 Å². The quantitative estimate of drug-likeness (QED) is 0.0969. The van der Waals surface area contributed by atoms with Crippen LogP contribution in [0, 0.1) is 10.5 Å². The summed E-state index contributed by atoms with van der Waals surface area (Å²) in [6.45, 7) is 4.39. The van der Waals surface area contributed by atoms with E-state index in [9.17, 15) is 4.79 Å². The number of hydrazone groups is 1. The van der Waals surface area contributed by atoms with E-state index in [0.717, 1.165) is 28.3 Å². The van der Waals surface area contributed by atoms with Gasteiger partial charge in [0.15, 0.2) is 11.0 Å². The lowest BCUT2D eigenvalue weighted by molar-refractivity contribution is -0.120. The molecule has 0 radical (unpaired) electrons. The number of rotatable bonds is 10. The van der Waals surface area contributed by atoms with Gasteiger partial charge in [-0.2, -0.15) is 5.10 Å². The lowest BCUT2D eigenvalue weighted by Crippen LogP contribution is -2.27. The van der Waals surface area contributed by atoms with Crippen LogP contribution in [0.4, 0.5) is 5.69 Å². The minimum Gasteiger partial charge on any atom is -0.378 e. The molecule has 0 aliphatic rings. The second-order valence-electron chi connectivity index (χ2n) is 8.17. The van der Waals surface area contributed by atoms with Crippen LogP contribution >= 0.6 is 34.4 Å². The SMILES string of the molecule is Cc1cc(I)ccc1NCc1nnc(S[C@H](C)C(=O)N/N=C\C=C\c2ccccc2)n1-c1ccccc1. The number of aryl methyl sites for hydroxylation is 1. The van der Waals surface area contributed by atoms with E-state index in [-0.39, 0.29) is 5.91 Å². The highest BCUT2D eigenvalue weighted by atomic mass is 127. The molecule has 1 atom stereocenters. The molecule has 0 aliphatic carbocycles. The number of nitrogens with zero attached hydrogens (tertiary/aromatic N) is 4. The van der Waals surface area contributed by atoms with Crippen molar-refractivity contribution in [2.24, 2.45) is 5.10 Å². The van der Waals surface area contributed by atoms with E-state index in [1.165, 1.54) is 15.3 Å². The topological polar surface area (TPSA) is 84.2 Å². The van der Waals surface area contributed by atoms with Crippen LogP contribution in [-0.4, -0.2) is 32.1 Å². The minimum atomic E-state index is -0.429. The molecule has 0 fully saturated rings. The summed E-state index contributed by atoms with van der Waals surface area (Å²) in [6, 6.07) is 26.1. The molecule has 37 heavy (non-hydrogen) atoms. The van der Waals surface area contributed by atoms with Crippen LogP contribution in [0.1, 0.15) is 23.9 Å². The summed E-state index contributed by atoms with van der Waals surface area (Å²) in [5.41, 5.74) is 6.80. The van der Waals surface area contributed by atoms with Crippen molar-refractivity contribution in [2.45, 2.75) is 30.8 Å². The maximum atomic E-state index is 12.7. The fraction of sp³-hybridized carbons (Fsp3) is 0.143. The molecule has 4 rings (SSSR count). The van der Waals surface area contributed by atoms with Crippen LogP contribution in [-0.2, 0) is 11.3 Å². The zero-order valence-corrected chi connectivity index (χ0v) is 23.5. The average Bonchev–Trinajstić information content (AvgIpc) is 3.31. The predicted octanol–water partition coefficient (Wildman–Crippen LogP) is 6.09. The lowest BCUT2D eigenvalue weighted by atomic mass is 10.2. The molecule has 3 aromatic carbocycles. The monoisotopic (exact) mass is 622 g/mol. The molecule has 188 valence electrons. The number of para-hydroxylation sites is 1. The standard InChI is InChI=1S/C28H27IN6OS/c1-20-18-23(29)15-16-25(20)30-19-26-32-34-28(35(26)24-13-7-4-8-14-24)37-21(2)27(36)33-31-17-9-12-22-10-5-3-6-11-22/h3-18,21,30H,19H2,1-2H3,(H,33,36)/b12-9+,31-17-/t21-/m1/s1. The first kappa shape index (κ1) is 26.6. The number of aromatic nitrogens is 3. The van der Waals surface area contributed by atoms with Crippen molar-refractivity contribution in [2.75, 3.05) is 5.32 Å². The van der Waals surface area contributed by atoms with Gasteiger partial charge >= 0.3 is 0 Å². The molecular weight excluding hydrogens is 595 g/mol. The predicted molar refractivity (Wildman–Crippen MR) is 160 cm³/mol. The van der Waals surface area contributed by atoms with Gasteiger partial charge in [0, 0.05) is 21.2 Å². The average molecular weight is 623 g/mol. The van der Waals surface area contributed by atoms with Crippen molar-refractivity contribution < 1.29 is 4.79 Å². The number of allylic oxidation sites excluding steroid dienone is 1. The van der Waals surface area contributed by atoms with Gasteiger partial charge in [0.2, 0.25) is 0 Å². The number of benzene rings is 3. The van der Waals surface area contributed by atoms with Gasteiger partial charge in [0.05, 0.1) is 11.8 Å². The Morgan fingerprint density at radius 3 is 2.54 bits per heavy atom. The molecule has 2 N–H and O–H groups in total. The zero-order chi connectivity index (χ0) is 26.0. The number of halogens is 1. The first-order chi connectivity index (χ1) is 18.0. The van der Waals surface area contributed by atoms with Crippen molar-refractivity contribution in [3.8, 4) is 5.69 Å². The number of nitrogens with one attached hydrogen (secondary N) is 2. The van der Waals surface area contributed by atoms with Crippen LogP contribution < -0.4 is 10.7 Å². The van der Waals surface area contributed by atoms with Gasteiger partial charge in [-0.25, -0.2) is 5.43 Å². The highest BCUT2D eigenvalue weighted by molar-refractivity contribution is 14.1. The molecule has 0 bridgehead atoms. The number of hydrogen-bond donors (Lipinski definition) is 2. The Balaban J connectivity index is 1.44. The number of hydrogen-bond acceptors (Lipinski definition) is 6. The molecule has 1 heterocycles. The van der Waals surface area contributed by atoms with E-state index in [2.05, 4.69) is 73.8 Å². The highest BCUT2D eigenvalue weighted by Crippen LogP contribution is 2.26. The summed E-state index contributed by atoms with van der Waals surface area (Å²) in [4.78, 5) is 12.7. The van der Waals surface area contributed by atoms with E-state index in [0.29, 0.717) is 11.7 Å². The molecule has 9 heteroatoms. The normalized spacial score (nSPS) is 12.2. The number of carbonyl (C=O) groups is 1. The summed E-state index contributed by atoms with van der Waals surface area (Å²) in [5.74, 6) is 0.537. The zero-order valence-electron chi connectivity index (χ0n) is 20.5. The van der Waals surface area contributed by atoms with Gasteiger partial charge < -0.3 is 5.32 Å². The Hall–Kier alpha value is -3.44. The summed E-state index contributed by atoms with van der Waals surface area (Å²) in [5, 5.41) is 16.6. The van der Waals surface area contributed by atoms with Gasteiger partial charge in [-0.3, -0.25) is 9.36 Å². The molecule has 0 unspecified atom stereocenters. The van der Waals surface area contributed by atoms with Crippen LogP contribution in [0.3, 0.4) is 0 Å². The largest absolute Gasteiger partial charge is 0.378 e. The smallest absolute Gasteiger partial charge is 0.253 e. The van der Waals surface area contributed by atoms with Gasteiger partial charge in [0.25, 0.3) is 5.91 Å². The van der Waals surface area contributed by atoms with E-state index in [1.54, 1.807) is 12.3 Å². The molecule has 1 amide bonds. The van der Waals surface area contributed by atoms with Crippen molar-refractivity contribution in [1.29, 1.82) is 0 Å². The van der Waals surface area contributed by atoms with Gasteiger partial charge in [-0.15, -0.1) is 10.2 Å². The number of thioether (sulfide) groups is 1. The van der Waals surface area contributed by atoms with Crippen LogP contribution in [0.15, 0.2) is 95.2 Å². The lowest BCUT2D eigenvalue weighted by Gasteiger charge is -2.14. The van der Waals surface area contributed by atoms with Gasteiger partial charge in [-0.05, 0) is 84.0 Å². The van der Waals surface area contributed by atoms with E-state index in [1.807, 2.05) is 78.2 Å². The molecular formula is C28H27IN6OS. The van der Waals surface area contributed by atoms with Crippen molar-refractivity contribution in [1.82, 2.24) is 20.2 Å². The Morgan fingerprint density at radius 2 is 1.81 bits per heavy atom. The first-order valence-electron chi connectivity index (χ1n) is 11.7. The first-order valence-corrected chi connectivity index (χ1v) is 13.7. The minimum absolute atomic E-state index is 0.217. The maximum Gasteiger partial charge on any atom is 0.253 e. The second kappa shape index (κ2) is 13.2. The van der Waals surface area contributed by atoms with Gasteiger partial charge in [0.1, 0.15) is 0 Å². The molecule has 0 aliphatic heterocycles. The Morgan fingerprint density at radius 1 is 1.08 bits per heavy atom. The summed E-state index contributed by atoms with van der Waals surface area (Å²) in [7, 11) is 0. The molecule has 4 aromatic rings. The third-order valence-electron chi connectivity index (χ3n) is 5.42. The van der Waals surface area contributed by atoms with E-state index < -0.39 is 5.25 Å². The Labute approximate surface area is 234 Å². The molecule has 0 spiro atoms.